The number of rotatable bonds is 1. The van der Waals surface area contributed by atoms with Crippen LogP contribution in [0.25, 0.3) is 0 Å². The normalized spacial score (nSPS) is 12.5. The molecule has 0 spiro atoms. The first-order valence-electron chi connectivity index (χ1n) is 3.71. The van der Waals surface area contributed by atoms with Crippen LogP contribution in [0.15, 0.2) is 0 Å². The fourth-order valence-electron chi connectivity index (χ4n) is 0.327. The van der Waals surface area contributed by atoms with Crippen LogP contribution in [0.1, 0.15) is 27.7 Å². The predicted molar refractivity (Wildman–Crippen MR) is 39.4 cm³/mol. The van der Waals surface area contributed by atoms with E-state index in [0.29, 0.717) is 0 Å². The molecule has 2 nitrogen and oxygen atoms in total. The predicted octanol–water partition coefficient (Wildman–Crippen LogP) is 1.91. The van der Waals surface area contributed by atoms with Gasteiger partial charge in [0, 0.05) is 5.92 Å². The van der Waals surface area contributed by atoms with Gasteiger partial charge < -0.3 is 10.2 Å². The fraction of sp³-hybridized carbons (Fsp3) is 1.00. The molecule has 0 aromatic heterocycles. The molecule has 0 aromatic rings. The monoisotopic (exact) mass is 188 g/mol. The van der Waals surface area contributed by atoms with E-state index in [4.69, 9.17) is 10.2 Å². The fourth-order valence-corrected chi connectivity index (χ4v) is 0.327. The van der Waals surface area contributed by atoms with Gasteiger partial charge in [0.1, 0.15) is 0 Å². The minimum atomic E-state index is -4.97. The van der Waals surface area contributed by atoms with Gasteiger partial charge in [0.05, 0.1) is 0 Å². The molecule has 0 aliphatic carbocycles. The van der Waals surface area contributed by atoms with Crippen LogP contribution in [0.2, 0.25) is 0 Å². The van der Waals surface area contributed by atoms with Crippen LogP contribution in [-0.4, -0.2) is 22.2 Å². The Kier molecular flexibility index (Phi) is 5.54. The van der Waals surface area contributed by atoms with Crippen LogP contribution < -0.4 is 0 Å². The molecule has 0 heterocycles. The summed E-state index contributed by atoms with van der Waals surface area (Å²) >= 11 is 0. The maximum atomic E-state index is 11.6. The molecule has 0 radical (unpaired) electrons. The minimum absolute atomic E-state index is 1.08. The van der Waals surface area contributed by atoms with Gasteiger partial charge in [0.25, 0.3) is 5.79 Å². The van der Waals surface area contributed by atoms with E-state index >= 15 is 0 Å². The highest BCUT2D eigenvalue weighted by atomic mass is 19.4. The summed E-state index contributed by atoms with van der Waals surface area (Å²) < 4.78 is 34.8. The lowest BCUT2D eigenvalue weighted by molar-refractivity contribution is -0.365. The molecule has 76 valence electrons. The number of alkyl halides is 3. The van der Waals surface area contributed by atoms with E-state index in [2.05, 4.69) is 0 Å². The van der Waals surface area contributed by atoms with Crippen molar-refractivity contribution in [2.75, 3.05) is 0 Å². The topological polar surface area (TPSA) is 40.5 Å². The molecule has 0 aliphatic rings. The minimum Gasteiger partial charge on any atom is -0.358 e. The zero-order chi connectivity index (χ0) is 10.6. The van der Waals surface area contributed by atoms with Gasteiger partial charge in [-0.1, -0.05) is 27.7 Å². The summed E-state index contributed by atoms with van der Waals surface area (Å²) in [5, 5.41) is 16.7. The summed E-state index contributed by atoms with van der Waals surface area (Å²) in [6.45, 7) is 6.15. The van der Waals surface area contributed by atoms with Crippen molar-refractivity contribution in [2.45, 2.75) is 39.7 Å². The van der Waals surface area contributed by atoms with Gasteiger partial charge in [0.15, 0.2) is 0 Å². The Labute approximate surface area is 70.0 Å². The van der Waals surface area contributed by atoms with Gasteiger partial charge in [-0.2, -0.15) is 13.2 Å². The van der Waals surface area contributed by atoms with Crippen LogP contribution in [0.5, 0.6) is 0 Å². The van der Waals surface area contributed by atoms with Gasteiger partial charge in [-0.25, -0.2) is 0 Å². The van der Waals surface area contributed by atoms with Crippen molar-refractivity contribution in [1.29, 1.82) is 0 Å². The van der Waals surface area contributed by atoms with Crippen LogP contribution in [-0.2, 0) is 0 Å². The maximum absolute atomic E-state index is 11.6. The van der Waals surface area contributed by atoms with Crippen molar-refractivity contribution >= 4 is 0 Å². The number of hydrogen-bond acceptors (Lipinski definition) is 2. The van der Waals surface area contributed by atoms with Gasteiger partial charge in [0.2, 0.25) is 0 Å². The molecular weight excluding hydrogens is 173 g/mol. The quantitative estimate of drug-likeness (QED) is 0.617. The maximum Gasteiger partial charge on any atom is 0.443 e. The molecule has 0 rings (SSSR count). The van der Waals surface area contributed by atoms with Crippen molar-refractivity contribution < 1.29 is 23.4 Å². The van der Waals surface area contributed by atoms with E-state index in [-0.39, 0.29) is 0 Å². The number of aliphatic hydroxyl groups is 2. The lowest BCUT2D eigenvalue weighted by Gasteiger charge is -2.27. The first kappa shape index (κ1) is 14.2. The molecular formula is C7H15F3O2. The summed E-state index contributed by atoms with van der Waals surface area (Å²) in [4.78, 5) is 0. The van der Waals surface area contributed by atoms with E-state index in [1.807, 2.05) is 13.8 Å². The second kappa shape index (κ2) is 4.67. The van der Waals surface area contributed by atoms with Crippen molar-refractivity contribution in [3.05, 3.63) is 0 Å². The molecule has 0 unspecified atom stereocenters. The second-order valence-corrected chi connectivity index (χ2v) is 2.38. The molecule has 0 aromatic carbocycles. The van der Waals surface area contributed by atoms with Crippen LogP contribution >= 0.6 is 0 Å². The lowest BCUT2D eigenvalue weighted by Crippen LogP contribution is -2.49. The van der Waals surface area contributed by atoms with Crippen LogP contribution in [0.3, 0.4) is 0 Å². The van der Waals surface area contributed by atoms with Gasteiger partial charge >= 0.3 is 6.18 Å². The van der Waals surface area contributed by atoms with Crippen molar-refractivity contribution in [1.82, 2.24) is 0 Å². The Morgan fingerprint density at radius 2 is 1.25 bits per heavy atom. The average Bonchev–Trinajstić information content (AvgIpc) is 1.89. The van der Waals surface area contributed by atoms with Gasteiger partial charge in [-0.3, -0.25) is 0 Å². The van der Waals surface area contributed by atoms with E-state index in [1.165, 1.54) is 0 Å². The Morgan fingerprint density at radius 3 is 1.25 bits per heavy atom. The Hall–Kier alpha value is -0.290. The van der Waals surface area contributed by atoms with Crippen LogP contribution in [0.4, 0.5) is 13.2 Å². The highest BCUT2D eigenvalue weighted by Crippen LogP contribution is 2.33. The Morgan fingerprint density at radius 1 is 1.00 bits per heavy atom. The molecule has 0 amide bonds. The summed E-state index contributed by atoms with van der Waals surface area (Å²) in [5.74, 6) is -4.82. The third kappa shape index (κ3) is 3.40. The molecule has 0 fully saturated rings. The van der Waals surface area contributed by atoms with Gasteiger partial charge in [-0.05, 0) is 0 Å². The number of halogens is 3. The Balaban J connectivity index is 0. The third-order valence-corrected chi connectivity index (χ3v) is 1.22. The van der Waals surface area contributed by atoms with E-state index in [0.717, 1.165) is 13.8 Å². The summed E-state index contributed by atoms with van der Waals surface area (Å²) in [6, 6.07) is 0. The molecule has 2 N–H and O–H groups in total. The lowest BCUT2D eigenvalue weighted by atomic mass is 10.0. The summed E-state index contributed by atoms with van der Waals surface area (Å²) in [5.41, 5.74) is 0. The third-order valence-electron chi connectivity index (χ3n) is 1.22. The molecule has 0 atom stereocenters. The zero-order valence-corrected chi connectivity index (χ0v) is 7.61. The second-order valence-electron chi connectivity index (χ2n) is 2.38. The van der Waals surface area contributed by atoms with Gasteiger partial charge in [-0.15, -0.1) is 0 Å². The highest BCUT2D eigenvalue weighted by Gasteiger charge is 2.54. The molecule has 0 saturated carbocycles. The molecule has 0 aliphatic heterocycles. The zero-order valence-electron chi connectivity index (χ0n) is 7.61. The molecule has 0 bridgehead atoms. The van der Waals surface area contributed by atoms with E-state index in [1.54, 1.807) is 0 Å². The average molecular weight is 188 g/mol. The SMILES string of the molecule is CC.CC(C)C(O)(O)C(F)(F)F. The molecule has 5 heteroatoms. The summed E-state index contributed by atoms with van der Waals surface area (Å²) in [7, 11) is 0. The van der Waals surface area contributed by atoms with E-state index in [9.17, 15) is 13.2 Å². The molecule has 0 saturated heterocycles. The Bertz CT molecular complexity index is 118. The smallest absolute Gasteiger partial charge is 0.358 e. The standard InChI is InChI=1S/C5H9F3O2.C2H6/c1-3(2)4(9,10)5(6,7)8;1-2/h3,9-10H,1-2H3;1-2H3. The molecule has 12 heavy (non-hydrogen) atoms. The summed E-state index contributed by atoms with van der Waals surface area (Å²) in [6.07, 6.45) is -4.97. The first-order valence-corrected chi connectivity index (χ1v) is 3.71. The highest BCUT2D eigenvalue weighted by molar-refractivity contribution is 4.76. The van der Waals surface area contributed by atoms with Crippen molar-refractivity contribution in [3.8, 4) is 0 Å². The van der Waals surface area contributed by atoms with Crippen LogP contribution in [0, 0.1) is 5.92 Å². The largest absolute Gasteiger partial charge is 0.443 e. The van der Waals surface area contributed by atoms with Crippen molar-refractivity contribution in [2.24, 2.45) is 5.92 Å². The van der Waals surface area contributed by atoms with Crippen molar-refractivity contribution in [3.63, 3.8) is 0 Å². The van der Waals surface area contributed by atoms with E-state index < -0.39 is 17.9 Å². The first-order chi connectivity index (χ1) is 5.19. The number of hydrogen-bond donors (Lipinski definition) is 2.